The molecule has 90 valence electrons. The Morgan fingerprint density at radius 2 is 1.81 bits per heavy atom. The molecular formula is C12H18O4. The van der Waals surface area contributed by atoms with Crippen LogP contribution in [0.2, 0.25) is 0 Å². The molecule has 3 atom stereocenters. The number of esters is 1. The van der Waals surface area contributed by atoms with Crippen molar-refractivity contribution >= 4 is 11.9 Å². The van der Waals surface area contributed by atoms with E-state index < -0.39 is 17.3 Å². The maximum atomic E-state index is 12.0. The molecule has 0 unspecified atom stereocenters. The number of carboxylic acid groups (broad SMARTS) is 1. The number of carbonyl (C=O) groups is 2. The van der Waals surface area contributed by atoms with Gasteiger partial charge < -0.3 is 9.84 Å². The molecule has 0 spiro atoms. The van der Waals surface area contributed by atoms with Gasteiger partial charge in [-0.05, 0) is 23.7 Å². The third kappa shape index (κ3) is 0.803. The van der Waals surface area contributed by atoms with Crippen LogP contribution in [0.1, 0.15) is 33.6 Å². The third-order valence-electron chi connectivity index (χ3n) is 5.51. The molecular weight excluding hydrogens is 208 g/mol. The summed E-state index contributed by atoms with van der Waals surface area (Å²) in [4.78, 5) is 23.3. The third-order valence-corrected chi connectivity index (χ3v) is 5.51. The van der Waals surface area contributed by atoms with Gasteiger partial charge in [-0.2, -0.15) is 0 Å². The second-order valence-electron chi connectivity index (χ2n) is 5.78. The van der Waals surface area contributed by atoms with Crippen LogP contribution in [0.3, 0.4) is 0 Å². The SMILES string of the molecule is COC(=O)[C@]12CC[C@](C)([C@@H]1C(=O)O)C2(C)C. The number of aliphatic carboxylic acids is 1. The summed E-state index contributed by atoms with van der Waals surface area (Å²) in [5.74, 6) is -1.83. The normalized spacial score (nSPS) is 43.6. The van der Waals surface area contributed by atoms with E-state index in [1.807, 2.05) is 20.8 Å². The monoisotopic (exact) mass is 226 g/mol. The summed E-state index contributed by atoms with van der Waals surface area (Å²) in [7, 11) is 1.33. The zero-order valence-corrected chi connectivity index (χ0v) is 10.2. The van der Waals surface area contributed by atoms with Crippen molar-refractivity contribution in [1.82, 2.24) is 0 Å². The lowest BCUT2D eigenvalue weighted by atomic mass is 9.38. The van der Waals surface area contributed by atoms with Crippen molar-refractivity contribution in [2.75, 3.05) is 7.11 Å². The molecule has 4 heteroatoms. The highest BCUT2D eigenvalue weighted by molar-refractivity contribution is 5.90. The van der Waals surface area contributed by atoms with Gasteiger partial charge in [-0.25, -0.2) is 0 Å². The quantitative estimate of drug-likeness (QED) is 0.728. The van der Waals surface area contributed by atoms with Gasteiger partial charge in [-0.3, -0.25) is 9.59 Å². The maximum absolute atomic E-state index is 12.0. The van der Waals surface area contributed by atoms with Crippen LogP contribution in [0.15, 0.2) is 0 Å². The highest BCUT2D eigenvalue weighted by atomic mass is 16.5. The lowest BCUT2D eigenvalue weighted by Crippen LogP contribution is -2.68. The van der Waals surface area contributed by atoms with Gasteiger partial charge in [-0.15, -0.1) is 0 Å². The average Bonchev–Trinajstić information content (AvgIpc) is 2.63. The van der Waals surface area contributed by atoms with Crippen molar-refractivity contribution in [3.63, 3.8) is 0 Å². The Balaban J connectivity index is 2.52. The van der Waals surface area contributed by atoms with E-state index in [1.54, 1.807) is 0 Å². The smallest absolute Gasteiger partial charge is 0.313 e. The standard InChI is InChI=1S/C12H18O4/c1-10(2)11(3)5-6-12(10,9(15)16-4)7(11)8(13)14/h7H,5-6H2,1-4H3,(H,13,14)/t7-,11+,12-/m0/s1. The molecule has 1 N–H and O–H groups in total. The first-order chi connectivity index (χ1) is 7.25. The van der Waals surface area contributed by atoms with E-state index in [0.29, 0.717) is 6.42 Å². The summed E-state index contributed by atoms with van der Waals surface area (Å²) in [5, 5.41) is 9.31. The topological polar surface area (TPSA) is 63.6 Å². The van der Waals surface area contributed by atoms with Crippen LogP contribution in [0, 0.1) is 22.2 Å². The predicted octanol–water partition coefficient (Wildman–Crippen LogP) is 1.69. The van der Waals surface area contributed by atoms with Crippen molar-refractivity contribution in [3.8, 4) is 0 Å². The number of rotatable bonds is 2. The number of carboxylic acids is 1. The van der Waals surface area contributed by atoms with Crippen LogP contribution in [-0.2, 0) is 14.3 Å². The van der Waals surface area contributed by atoms with Gasteiger partial charge in [0.2, 0.25) is 0 Å². The summed E-state index contributed by atoms with van der Waals surface area (Å²) < 4.78 is 4.83. The van der Waals surface area contributed by atoms with Gasteiger partial charge in [0.05, 0.1) is 18.4 Å². The molecule has 3 saturated carbocycles. The van der Waals surface area contributed by atoms with Crippen molar-refractivity contribution in [2.45, 2.75) is 33.6 Å². The summed E-state index contributed by atoms with van der Waals surface area (Å²) >= 11 is 0. The molecule has 16 heavy (non-hydrogen) atoms. The zero-order chi connectivity index (χ0) is 12.4. The molecule has 3 fully saturated rings. The number of hydrogen-bond acceptors (Lipinski definition) is 3. The Morgan fingerprint density at radius 3 is 2.19 bits per heavy atom. The minimum atomic E-state index is -0.871. The van der Waals surface area contributed by atoms with E-state index >= 15 is 0 Å². The molecule has 3 aliphatic carbocycles. The largest absolute Gasteiger partial charge is 0.481 e. The van der Waals surface area contributed by atoms with E-state index in [0.717, 1.165) is 6.42 Å². The summed E-state index contributed by atoms with van der Waals surface area (Å²) in [6.45, 7) is 5.94. The molecule has 0 aromatic carbocycles. The second kappa shape index (κ2) is 2.79. The molecule has 0 radical (unpaired) electrons. The van der Waals surface area contributed by atoms with E-state index in [1.165, 1.54) is 7.11 Å². The first kappa shape index (κ1) is 11.4. The molecule has 3 rings (SSSR count). The molecule has 2 bridgehead atoms. The Labute approximate surface area is 95.0 Å². The second-order valence-corrected chi connectivity index (χ2v) is 5.78. The first-order valence-electron chi connectivity index (χ1n) is 5.57. The van der Waals surface area contributed by atoms with Gasteiger partial charge in [0.25, 0.3) is 0 Å². The van der Waals surface area contributed by atoms with E-state index in [4.69, 9.17) is 4.74 Å². The Hall–Kier alpha value is -1.06. The number of hydrogen-bond donors (Lipinski definition) is 1. The molecule has 0 aromatic heterocycles. The van der Waals surface area contributed by atoms with Crippen molar-refractivity contribution < 1.29 is 19.4 Å². The maximum Gasteiger partial charge on any atom is 0.313 e. The molecule has 4 nitrogen and oxygen atoms in total. The fraction of sp³-hybridized carbons (Fsp3) is 0.833. The van der Waals surface area contributed by atoms with Crippen molar-refractivity contribution in [3.05, 3.63) is 0 Å². The van der Waals surface area contributed by atoms with E-state index in [9.17, 15) is 14.7 Å². The lowest BCUT2D eigenvalue weighted by Gasteiger charge is -2.63. The van der Waals surface area contributed by atoms with Gasteiger partial charge in [0.1, 0.15) is 0 Å². The Bertz CT molecular complexity index is 373. The van der Waals surface area contributed by atoms with Crippen LogP contribution >= 0.6 is 0 Å². The van der Waals surface area contributed by atoms with Gasteiger partial charge >= 0.3 is 11.9 Å². The van der Waals surface area contributed by atoms with Gasteiger partial charge in [0.15, 0.2) is 0 Å². The minimum absolute atomic E-state index is 0.285. The van der Waals surface area contributed by atoms with Crippen LogP contribution in [-0.4, -0.2) is 24.2 Å². The molecule has 0 amide bonds. The van der Waals surface area contributed by atoms with Crippen LogP contribution in [0.5, 0.6) is 0 Å². The molecule has 0 aliphatic heterocycles. The summed E-state index contributed by atoms with van der Waals surface area (Å²) in [5.41, 5.74) is -1.40. The number of fused-ring (bicyclic) bond motifs is 1. The Kier molecular flexibility index (Phi) is 1.99. The van der Waals surface area contributed by atoms with Gasteiger partial charge in [-0.1, -0.05) is 20.8 Å². The summed E-state index contributed by atoms with van der Waals surface area (Å²) in [6.07, 6.45) is 1.41. The fourth-order valence-corrected chi connectivity index (χ4v) is 4.21. The zero-order valence-electron chi connectivity index (χ0n) is 10.2. The first-order valence-corrected chi connectivity index (χ1v) is 5.57. The minimum Gasteiger partial charge on any atom is -0.481 e. The fourth-order valence-electron chi connectivity index (χ4n) is 4.21. The number of methoxy groups -OCH3 is 1. The average molecular weight is 226 g/mol. The number of carbonyl (C=O) groups excluding carboxylic acids is 1. The van der Waals surface area contributed by atoms with Gasteiger partial charge in [0, 0.05) is 0 Å². The molecule has 0 heterocycles. The molecule has 0 saturated heterocycles. The summed E-state index contributed by atoms with van der Waals surface area (Å²) in [6, 6.07) is 0. The van der Waals surface area contributed by atoms with Crippen LogP contribution < -0.4 is 0 Å². The van der Waals surface area contributed by atoms with Crippen LogP contribution in [0.4, 0.5) is 0 Å². The molecule has 0 aromatic rings. The van der Waals surface area contributed by atoms with Crippen molar-refractivity contribution in [2.24, 2.45) is 22.2 Å². The highest BCUT2D eigenvalue weighted by Crippen LogP contribution is 2.81. The van der Waals surface area contributed by atoms with Crippen LogP contribution in [0.25, 0.3) is 0 Å². The lowest BCUT2D eigenvalue weighted by molar-refractivity contribution is -0.226. The highest BCUT2D eigenvalue weighted by Gasteiger charge is 2.83. The predicted molar refractivity (Wildman–Crippen MR) is 56.7 cm³/mol. The number of ether oxygens (including phenoxy) is 1. The van der Waals surface area contributed by atoms with E-state index in [2.05, 4.69) is 0 Å². The van der Waals surface area contributed by atoms with E-state index in [-0.39, 0.29) is 16.8 Å². The Morgan fingerprint density at radius 1 is 1.25 bits per heavy atom. The van der Waals surface area contributed by atoms with Crippen molar-refractivity contribution in [1.29, 1.82) is 0 Å². The molecule has 3 aliphatic rings.